The molecule has 0 unspecified atom stereocenters. The molecule has 2 amide bonds. The molecule has 4 rings (SSSR count). The highest BCUT2D eigenvalue weighted by atomic mass is 16.5. The van der Waals surface area contributed by atoms with Gasteiger partial charge in [0.2, 0.25) is 0 Å². The number of aromatic nitrogens is 3. The Morgan fingerprint density at radius 3 is 2.79 bits per heavy atom. The fraction of sp³-hybridized carbons (Fsp3) is 0.318. The molecule has 0 spiro atoms. The van der Waals surface area contributed by atoms with E-state index in [1.807, 2.05) is 48.5 Å². The molecule has 0 fully saturated rings. The minimum absolute atomic E-state index is 0.226. The molecule has 0 aliphatic carbocycles. The summed E-state index contributed by atoms with van der Waals surface area (Å²) in [5.74, 6) is 2.52. The van der Waals surface area contributed by atoms with Crippen LogP contribution in [0.1, 0.15) is 30.9 Å². The summed E-state index contributed by atoms with van der Waals surface area (Å²) in [6, 6.07) is 16.7. The van der Waals surface area contributed by atoms with Crippen LogP contribution in [-0.4, -0.2) is 27.9 Å². The molecule has 3 aromatic rings. The van der Waals surface area contributed by atoms with Gasteiger partial charge in [-0.15, -0.1) is 10.2 Å². The predicted octanol–water partition coefficient (Wildman–Crippen LogP) is 4.25. The number of para-hydroxylation sites is 1. The number of carbonyl (C=O) groups is 1. The SMILES string of the molecule is COc1cccc(NC(=O)N(Cc2nnc3n2CCCCC3)c2ccccc2)c1. The number of amides is 2. The first-order chi connectivity index (χ1) is 14.2. The third-order valence-electron chi connectivity index (χ3n) is 5.12. The number of benzene rings is 2. The Bertz CT molecular complexity index is 970. The number of anilines is 2. The smallest absolute Gasteiger partial charge is 0.326 e. The topological polar surface area (TPSA) is 72.3 Å². The lowest BCUT2D eigenvalue weighted by Gasteiger charge is -2.23. The summed E-state index contributed by atoms with van der Waals surface area (Å²) in [5.41, 5.74) is 1.48. The number of fused-ring (bicyclic) bond motifs is 1. The third-order valence-corrected chi connectivity index (χ3v) is 5.12. The number of urea groups is 1. The van der Waals surface area contributed by atoms with E-state index in [2.05, 4.69) is 20.1 Å². The second-order valence-corrected chi connectivity index (χ2v) is 7.08. The van der Waals surface area contributed by atoms with E-state index in [1.165, 1.54) is 6.42 Å². The molecular formula is C22H25N5O2. The van der Waals surface area contributed by atoms with Crippen LogP contribution in [0.25, 0.3) is 0 Å². The van der Waals surface area contributed by atoms with E-state index in [-0.39, 0.29) is 6.03 Å². The van der Waals surface area contributed by atoms with Gasteiger partial charge >= 0.3 is 6.03 Å². The Morgan fingerprint density at radius 2 is 1.97 bits per heavy atom. The van der Waals surface area contributed by atoms with Crippen LogP contribution in [0.2, 0.25) is 0 Å². The number of carbonyl (C=O) groups excluding carboxylic acids is 1. The Hall–Kier alpha value is -3.35. The number of hydrogen-bond donors (Lipinski definition) is 1. The van der Waals surface area contributed by atoms with Crippen LogP contribution < -0.4 is 15.0 Å². The average molecular weight is 391 g/mol. The maximum atomic E-state index is 13.2. The summed E-state index contributed by atoms with van der Waals surface area (Å²) in [6.07, 6.45) is 4.38. The number of methoxy groups -OCH3 is 1. The molecule has 1 aliphatic rings. The first-order valence-corrected chi connectivity index (χ1v) is 9.93. The highest BCUT2D eigenvalue weighted by molar-refractivity contribution is 6.01. The number of hydrogen-bond acceptors (Lipinski definition) is 4. The minimum atomic E-state index is -0.226. The van der Waals surface area contributed by atoms with Gasteiger partial charge < -0.3 is 14.6 Å². The van der Waals surface area contributed by atoms with Crippen LogP contribution in [0.5, 0.6) is 5.75 Å². The van der Waals surface area contributed by atoms with Crippen molar-refractivity contribution >= 4 is 17.4 Å². The summed E-state index contributed by atoms with van der Waals surface area (Å²) in [7, 11) is 1.61. The first kappa shape index (κ1) is 19.0. The summed E-state index contributed by atoms with van der Waals surface area (Å²) in [5, 5.41) is 11.7. The highest BCUT2D eigenvalue weighted by Crippen LogP contribution is 2.22. The van der Waals surface area contributed by atoms with E-state index in [0.717, 1.165) is 43.1 Å². The van der Waals surface area contributed by atoms with Gasteiger partial charge in [0.1, 0.15) is 11.6 Å². The summed E-state index contributed by atoms with van der Waals surface area (Å²) >= 11 is 0. The lowest BCUT2D eigenvalue weighted by atomic mass is 10.2. The second-order valence-electron chi connectivity index (χ2n) is 7.08. The van der Waals surface area contributed by atoms with E-state index in [1.54, 1.807) is 18.1 Å². The zero-order valence-corrected chi connectivity index (χ0v) is 16.5. The van der Waals surface area contributed by atoms with Crippen molar-refractivity contribution in [3.63, 3.8) is 0 Å². The quantitative estimate of drug-likeness (QED) is 0.706. The largest absolute Gasteiger partial charge is 0.497 e. The van der Waals surface area contributed by atoms with Gasteiger partial charge in [0.25, 0.3) is 0 Å². The van der Waals surface area contributed by atoms with Crippen molar-refractivity contribution in [2.45, 2.75) is 38.8 Å². The predicted molar refractivity (Wildman–Crippen MR) is 112 cm³/mol. The van der Waals surface area contributed by atoms with Crippen LogP contribution in [0, 0.1) is 0 Å². The maximum absolute atomic E-state index is 13.2. The molecule has 1 aromatic heterocycles. The number of nitrogens with zero attached hydrogens (tertiary/aromatic N) is 4. The van der Waals surface area contributed by atoms with Crippen LogP contribution >= 0.6 is 0 Å². The van der Waals surface area contributed by atoms with Crippen molar-refractivity contribution in [2.24, 2.45) is 0 Å². The van der Waals surface area contributed by atoms with Crippen LogP contribution in [0.3, 0.4) is 0 Å². The minimum Gasteiger partial charge on any atom is -0.497 e. The lowest BCUT2D eigenvalue weighted by molar-refractivity contribution is 0.256. The molecule has 1 aliphatic heterocycles. The Labute approximate surface area is 170 Å². The van der Waals surface area contributed by atoms with Gasteiger partial charge in [0.05, 0.1) is 13.7 Å². The zero-order chi connectivity index (χ0) is 20.1. The second kappa shape index (κ2) is 8.77. The van der Waals surface area contributed by atoms with Crippen molar-refractivity contribution in [1.82, 2.24) is 14.8 Å². The number of rotatable bonds is 5. The third kappa shape index (κ3) is 4.39. The van der Waals surface area contributed by atoms with E-state index >= 15 is 0 Å². The van der Waals surface area contributed by atoms with Crippen LogP contribution in [-0.2, 0) is 19.5 Å². The van der Waals surface area contributed by atoms with Crippen LogP contribution in [0.4, 0.5) is 16.2 Å². The van der Waals surface area contributed by atoms with E-state index in [0.29, 0.717) is 18.0 Å². The fourth-order valence-electron chi connectivity index (χ4n) is 3.58. The Morgan fingerprint density at radius 1 is 1.10 bits per heavy atom. The Kier molecular flexibility index (Phi) is 5.74. The standard InChI is InChI=1S/C22H25N5O2/c1-29-19-12-8-9-17(15-19)23-22(28)27(18-10-4-2-5-11-18)16-21-25-24-20-13-6-3-7-14-26(20)21/h2,4-5,8-12,15H,3,6-7,13-14,16H2,1H3,(H,23,28). The summed E-state index contributed by atoms with van der Waals surface area (Å²) < 4.78 is 7.42. The van der Waals surface area contributed by atoms with Gasteiger partial charge in [0.15, 0.2) is 5.82 Å². The number of nitrogens with one attached hydrogen (secondary N) is 1. The molecule has 0 bridgehead atoms. The first-order valence-electron chi connectivity index (χ1n) is 9.93. The van der Waals surface area contributed by atoms with E-state index < -0.39 is 0 Å². The molecule has 7 heteroatoms. The molecule has 0 saturated heterocycles. The number of aryl methyl sites for hydroxylation is 1. The van der Waals surface area contributed by atoms with Gasteiger partial charge in [0, 0.05) is 30.4 Å². The Balaban J connectivity index is 1.60. The molecule has 150 valence electrons. The van der Waals surface area contributed by atoms with Crippen molar-refractivity contribution in [3.05, 3.63) is 66.2 Å². The number of ether oxygens (including phenoxy) is 1. The van der Waals surface area contributed by atoms with Gasteiger partial charge in [-0.25, -0.2) is 4.79 Å². The van der Waals surface area contributed by atoms with Crippen molar-refractivity contribution in [2.75, 3.05) is 17.3 Å². The van der Waals surface area contributed by atoms with E-state index in [9.17, 15) is 4.79 Å². The maximum Gasteiger partial charge on any atom is 0.326 e. The van der Waals surface area contributed by atoms with Gasteiger partial charge in [-0.1, -0.05) is 30.7 Å². The molecule has 2 aromatic carbocycles. The molecule has 1 N–H and O–H groups in total. The normalized spacial score (nSPS) is 13.3. The average Bonchev–Trinajstić information content (AvgIpc) is 2.98. The molecule has 7 nitrogen and oxygen atoms in total. The summed E-state index contributed by atoms with van der Waals surface area (Å²) in [6.45, 7) is 1.25. The molecule has 0 radical (unpaired) electrons. The van der Waals surface area contributed by atoms with Gasteiger partial charge in [-0.05, 0) is 37.1 Å². The molecule has 29 heavy (non-hydrogen) atoms. The van der Waals surface area contributed by atoms with Crippen molar-refractivity contribution < 1.29 is 9.53 Å². The van der Waals surface area contributed by atoms with Gasteiger partial charge in [-0.2, -0.15) is 0 Å². The fourth-order valence-corrected chi connectivity index (χ4v) is 3.58. The zero-order valence-electron chi connectivity index (χ0n) is 16.5. The monoisotopic (exact) mass is 391 g/mol. The van der Waals surface area contributed by atoms with Crippen LogP contribution in [0.15, 0.2) is 54.6 Å². The molecular weight excluding hydrogens is 366 g/mol. The molecule has 0 saturated carbocycles. The van der Waals surface area contributed by atoms with E-state index in [4.69, 9.17) is 4.74 Å². The summed E-state index contributed by atoms with van der Waals surface area (Å²) in [4.78, 5) is 14.9. The van der Waals surface area contributed by atoms with Crippen molar-refractivity contribution in [3.8, 4) is 5.75 Å². The van der Waals surface area contributed by atoms with Gasteiger partial charge in [-0.3, -0.25) is 4.90 Å². The van der Waals surface area contributed by atoms with Crippen molar-refractivity contribution in [1.29, 1.82) is 0 Å². The molecule has 2 heterocycles. The highest BCUT2D eigenvalue weighted by Gasteiger charge is 2.22. The molecule has 0 atom stereocenters. The lowest BCUT2D eigenvalue weighted by Crippen LogP contribution is -2.35.